The summed E-state index contributed by atoms with van der Waals surface area (Å²) < 4.78 is 3.39. The summed E-state index contributed by atoms with van der Waals surface area (Å²) in [4.78, 5) is 8.93. The summed E-state index contributed by atoms with van der Waals surface area (Å²) in [6.45, 7) is 0. The second kappa shape index (κ2) is 2.00. The van der Waals surface area contributed by atoms with Crippen LogP contribution in [0.15, 0.2) is 0 Å². The van der Waals surface area contributed by atoms with Crippen LogP contribution in [0.1, 0.15) is 0 Å². The molecule has 0 fully saturated rings. The van der Waals surface area contributed by atoms with Crippen molar-refractivity contribution in [2.45, 2.75) is 0 Å². The fourth-order valence-corrected chi connectivity index (χ4v) is 0. The molecule has 2 radical (unpaired) electrons. The van der Waals surface area contributed by atoms with Gasteiger partial charge < -0.3 is 3.89 Å². The lowest BCUT2D eigenvalue weighted by Crippen LogP contribution is -1.93. The Balaban J connectivity index is 2.85. The monoisotopic (exact) mass is 89.0 g/mol. The summed E-state index contributed by atoms with van der Waals surface area (Å²) in [6, 6.07) is 0. The SMILES string of the molecule is O=[N+]([O-])[O][Al]. The van der Waals surface area contributed by atoms with Crippen molar-refractivity contribution in [3.63, 3.8) is 0 Å². The molecule has 0 bridgehead atoms. The first-order chi connectivity index (χ1) is 2.27. The molecule has 0 aromatic rings. The van der Waals surface area contributed by atoms with Crippen LogP contribution in [0, 0.1) is 10.1 Å². The average Bonchev–Trinajstić information content (AvgIpc) is 1.38. The van der Waals surface area contributed by atoms with E-state index in [0.717, 1.165) is 0 Å². The molecular formula is AlNO3. The van der Waals surface area contributed by atoms with Gasteiger partial charge in [-0.1, -0.05) is 0 Å². The van der Waals surface area contributed by atoms with Crippen LogP contribution in [0.4, 0.5) is 0 Å². The van der Waals surface area contributed by atoms with Crippen LogP contribution in [0.3, 0.4) is 0 Å². The van der Waals surface area contributed by atoms with Crippen molar-refractivity contribution in [3.8, 4) is 0 Å². The van der Waals surface area contributed by atoms with Gasteiger partial charge in [-0.3, -0.25) is 0 Å². The molecule has 5 heavy (non-hydrogen) atoms. The van der Waals surface area contributed by atoms with Crippen molar-refractivity contribution in [2.75, 3.05) is 0 Å². The van der Waals surface area contributed by atoms with E-state index in [0.29, 0.717) is 0 Å². The predicted molar refractivity (Wildman–Crippen MR) is 13.8 cm³/mol. The molecule has 0 atom stereocenters. The average molecular weight is 89.0 g/mol. The minimum atomic E-state index is -0.912. The van der Waals surface area contributed by atoms with Crippen molar-refractivity contribution in [2.24, 2.45) is 0 Å². The maximum atomic E-state index is 8.93. The Kier molecular flexibility index (Phi) is 1.89. The molecule has 0 spiro atoms. The van der Waals surface area contributed by atoms with Gasteiger partial charge in [-0.15, -0.1) is 10.1 Å². The highest BCUT2D eigenvalue weighted by Crippen LogP contribution is 1.55. The van der Waals surface area contributed by atoms with Crippen molar-refractivity contribution < 1.29 is 8.98 Å². The van der Waals surface area contributed by atoms with Gasteiger partial charge in [0.15, 0.2) is 0 Å². The Labute approximate surface area is 36.6 Å². The van der Waals surface area contributed by atoms with Crippen LogP contribution in [0.5, 0.6) is 0 Å². The molecule has 0 saturated heterocycles. The molecule has 0 aliphatic rings. The zero-order valence-corrected chi connectivity index (χ0v) is 3.40. The topological polar surface area (TPSA) is 52.4 Å². The molecule has 26 valence electrons. The normalized spacial score (nSPS) is 6.40. The maximum Gasteiger partial charge on any atom is 0.438 e. The van der Waals surface area contributed by atoms with E-state index in [4.69, 9.17) is 10.1 Å². The summed E-state index contributed by atoms with van der Waals surface area (Å²) in [5, 5.41) is 8.02. The molecule has 0 rings (SSSR count). The number of rotatable bonds is 1. The number of nitrogens with zero attached hydrogens (tertiary/aromatic N) is 1. The van der Waals surface area contributed by atoms with Crippen LogP contribution >= 0.6 is 0 Å². The smallest absolute Gasteiger partial charge is 0.438 e. The molecule has 0 aromatic carbocycles. The fraction of sp³-hybridized carbons (Fsp3) is 0. The second-order valence-corrected chi connectivity index (χ2v) is 0.540. The van der Waals surface area contributed by atoms with E-state index in [2.05, 4.69) is 3.89 Å². The van der Waals surface area contributed by atoms with Gasteiger partial charge in [-0.2, -0.15) is 0 Å². The van der Waals surface area contributed by atoms with Gasteiger partial charge in [0.1, 0.15) is 0 Å². The zero-order chi connectivity index (χ0) is 4.28. The Bertz CT molecular complexity index is 42.2. The lowest BCUT2D eigenvalue weighted by atomic mass is 13.1. The molecule has 0 aliphatic carbocycles. The van der Waals surface area contributed by atoms with Crippen molar-refractivity contribution in [3.05, 3.63) is 10.1 Å². The van der Waals surface area contributed by atoms with Crippen molar-refractivity contribution in [1.82, 2.24) is 0 Å². The summed E-state index contributed by atoms with van der Waals surface area (Å²) in [5.41, 5.74) is 0. The summed E-state index contributed by atoms with van der Waals surface area (Å²) in [7, 11) is 0. The van der Waals surface area contributed by atoms with Crippen LogP contribution in [-0.4, -0.2) is 21.7 Å². The van der Waals surface area contributed by atoms with Gasteiger partial charge in [0.05, 0.1) is 0 Å². The van der Waals surface area contributed by atoms with E-state index in [1.54, 1.807) is 0 Å². The third kappa shape index (κ3) is 3.73. The van der Waals surface area contributed by atoms with Crippen LogP contribution in [0.25, 0.3) is 0 Å². The standard InChI is InChI=1S/Al.NO3/c;2-1(3)4/q+1;-1. The van der Waals surface area contributed by atoms with E-state index >= 15 is 0 Å². The lowest BCUT2D eigenvalue weighted by molar-refractivity contribution is -0.714. The molecule has 5 heteroatoms. The van der Waals surface area contributed by atoms with Gasteiger partial charge >= 0.3 is 16.6 Å². The molecule has 4 nitrogen and oxygen atoms in total. The Hall–Kier alpha value is -0.268. The first kappa shape index (κ1) is 4.73. The highest BCUT2D eigenvalue weighted by molar-refractivity contribution is 5.97. The second-order valence-electron chi connectivity index (χ2n) is 0.329. The quantitative estimate of drug-likeness (QED) is 0.242. The van der Waals surface area contributed by atoms with E-state index in [1.165, 1.54) is 16.6 Å². The number of hydrogen-bond donors (Lipinski definition) is 0. The largest absolute Gasteiger partial charge is 0.479 e. The first-order valence-corrected chi connectivity index (χ1v) is 1.25. The van der Waals surface area contributed by atoms with E-state index < -0.39 is 5.09 Å². The minimum Gasteiger partial charge on any atom is -0.479 e. The molecule has 0 unspecified atom stereocenters. The van der Waals surface area contributed by atoms with E-state index in [-0.39, 0.29) is 0 Å². The maximum absolute atomic E-state index is 8.93. The van der Waals surface area contributed by atoms with Gasteiger partial charge in [0, 0.05) is 0 Å². The molecule has 0 aromatic heterocycles. The molecule has 0 aliphatic heterocycles. The van der Waals surface area contributed by atoms with Crippen molar-refractivity contribution >= 4 is 16.6 Å². The first-order valence-electron chi connectivity index (χ1n) is 0.783. The van der Waals surface area contributed by atoms with Gasteiger partial charge in [-0.25, -0.2) is 0 Å². The van der Waals surface area contributed by atoms with Gasteiger partial charge in [-0.05, 0) is 0 Å². The highest BCUT2D eigenvalue weighted by atomic mass is 27.1. The number of hydrogen-bond acceptors (Lipinski definition) is 3. The van der Waals surface area contributed by atoms with E-state index in [9.17, 15) is 0 Å². The Morgan fingerprint density at radius 1 is 2.00 bits per heavy atom. The summed E-state index contributed by atoms with van der Waals surface area (Å²) in [5.74, 6) is 0. The molecule has 0 N–H and O–H groups in total. The Morgan fingerprint density at radius 3 is 2.20 bits per heavy atom. The predicted octanol–water partition coefficient (Wildman–Crippen LogP) is -0.722. The third-order valence-corrected chi connectivity index (χ3v) is 0.258. The summed E-state index contributed by atoms with van der Waals surface area (Å²) in [6.07, 6.45) is 0. The zero-order valence-electron chi connectivity index (χ0n) is 2.25. The third-order valence-electron chi connectivity index (χ3n) is 0.0861. The highest BCUT2D eigenvalue weighted by Gasteiger charge is 1.75. The van der Waals surface area contributed by atoms with E-state index in [1.807, 2.05) is 0 Å². The van der Waals surface area contributed by atoms with Crippen molar-refractivity contribution in [1.29, 1.82) is 0 Å². The minimum absolute atomic E-state index is 0.912. The van der Waals surface area contributed by atoms with Crippen LogP contribution < -0.4 is 0 Å². The van der Waals surface area contributed by atoms with Gasteiger partial charge in [0.2, 0.25) is 0 Å². The molecule has 0 heterocycles. The Morgan fingerprint density at radius 2 is 2.20 bits per heavy atom. The summed E-state index contributed by atoms with van der Waals surface area (Å²) >= 11 is 1.50. The van der Waals surface area contributed by atoms with Crippen LogP contribution in [0.2, 0.25) is 0 Å². The fourth-order valence-electron chi connectivity index (χ4n) is 0. The molecule has 0 saturated carbocycles. The lowest BCUT2D eigenvalue weighted by Gasteiger charge is -1.79. The van der Waals surface area contributed by atoms with Crippen LogP contribution in [-0.2, 0) is 3.89 Å². The molecule has 0 amide bonds. The van der Waals surface area contributed by atoms with Gasteiger partial charge in [0.25, 0.3) is 5.09 Å². The molecular weight excluding hydrogens is 89.0 g/mol.